The molecule has 0 radical (unpaired) electrons. The molecule has 136 valence electrons. The van der Waals surface area contributed by atoms with Gasteiger partial charge in [0.1, 0.15) is 5.82 Å². The van der Waals surface area contributed by atoms with Crippen molar-refractivity contribution in [3.05, 3.63) is 35.7 Å². The Morgan fingerprint density at radius 1 is 1.38 bits per heavy atom. The highest BCUT2D eigenvalue weighted by molar-refractivity contribution is 7.99. The Bertz CT molecular complexity index is 852. The van der Waals surface area contributed by atoms with Crippen LogP contribution < -0.4 is 5.32 Å². The number of fused-ring (bicyclic) bond motifs is 2. The van der Waals surface area contributed by atoms with Crippen molar-refractivity contribution < 1.29 is 9.59 Å². The number of aromatic amines is 1. The SMILES string of the molecule is CCc1nc(SCC(=O)N2CCCC3(C2)C(=O)Nc2ccccc23)n[nH]1. The van der Waals surface area contributed by atoms with E-state index in [1.165, 1.54) is 11.8 Å². The Labute approximate surface area is 155 Å². The summed E-state index contributed by atoms with van der Waals surface area (Å²) < 4.78 is 0. The van der Waals surface area contributed by atoms with Crippen LogP contribution in [0.5, 0.6) is 0 Å². The topological polar surface area (TPSA) is 91.0 Å². The first-order chi connectivity index (χ1) is 12.6. The van der Waals surface area contributed by atoms with Gasteiger partial charge in [-0.1, -0.05) is 36.9 Å². The molecule has 2 aliphatic heterocycles. The second-order valence-electron chi connectivity index (χ2n) is 6.71. The van der Waals surface area contributed by atoms with Crippen LogP contribution in [0.3, 0.4) is 0 Å². The van der Waals surface area contributed by atoms with Crippen molar-refractivity contribution in [3.63, 3.8) is 0 Å². The number of aromatic nitrogens is 3. The van der Waals surface area contributed by atoms with E-state index in [9.17, 15) is 9.59 Å². The van der Waals surface area contributed by atoms with Crippen LogP contribution in [0.25, 0.3) is 0 Å². The van der Waals surface area contributed by atoms with Crippen molar-refractivity contribution in [2.75, 3.05) is 24.2 Å². The number of rotatable bonds is 4. The lowest BCUT2D eigenvalue weighted by Gasteiger charge is -2.39. The summed E-state index contributed by atoms with van der Waals surface area (Å²) in [5, 5.41) is 10.5. The largest absolute Gasteiger partial charge is 0.341 e. The zero-order valence-corrected chi connectivity index (χ0v) is 15.4. The van der Waals surface area contributed by atoms with Gasteiger partial charge >= 0.3 is 0 Å². The smallest absolute Gasteiger partial charge is 0.236 e. The average molecular weight is 371 g/mol. The van der Waals surface area contributed by atoms with Crippen molar-refractivity contribution >= 4 is 29.3 Å². The van der Waals surface area contributed by atoms with Gasteiger partial charge < -0.3 is 10.2 Å². The van der Waals surface area contributed by atoms with E-state index in [0.717, 1.165) is 36.3 Å². The Hall–Kier alpha value is -2.35. The maximum atomic E-state index is 12.7. The van der Waals surface area contributed by atoms with Gasteiger partial charge in [-0.05, 0) is 24.5 Å². The number of likely N-dealkylation sites (tertiary alicyclic amines) is 1. The normalized spacial score (nSPS) is 21.7. The van der Waals surface area contributed by atoms with Gasteiger partial charge in [-0.15, -0.1) is 5.10 Å². The molecule has 1 atom stereocenters. The lowest BCUT2D eigenvalue weighted by atomic mass is 9.75. The molecule has 2 aliphatic rings. The van der Waals surface area contributed by atoms with E-state index >= 15 is 0 Å². The Morgan fingerprint density at radius 3 is 3.04 bits per heavy atom. The summed E-state index contributed by atoms with van der Waals surface area (Å²) in [5.74, 6) is 1.12. The van der Waals surface area contributed by atoms with Crippen LogP contribution in [0.15, 0.2) is 29.4 Å². The highest BCUT2D eigenvalue weighted by atomic mass is 32.2. The highest BCUT2D eigenvalue weighted by Gasteiger charge is 2.49. The molecule has 26 heavy (non-hydrogen) atoms. The molecule has 2 aromatic rings. The fraction of sp³-hybridized carbons (Fsp3) is 0.444. The lowest BCUT2D eigenvalue weighted by molar-refractivity contribution is -0.133. The van der Waals surface area contributed by atoms with Crippen LogP contribution in [0, 0.1) is 0 Å². The van der Waals surface area contributed by atoms with E-state index in [1.807, 2.05) is 36.1 Å². The van der Waals surface area contributed by atoms with Crippen LogP contribution >= 0.6 is 11.8 Å². The molecule has 0 bridgehead atoms. The van der Waals surface area contributed by atoms with Gasteiger partial charge in [0.25, 0.3) is 0 Å². The van der Waals surface area contributed by atoms with Crippen LogP contribution in [0.2, 0.25) is 0 Å². The van der Waals surface area contributed by atoms with Gasteiger partial charge in [-0.3, -0.25) is 14.7 Å². The number of anilines is 1. The van der Waals surface area contributed by atoms with Crippen molar-refractivity contribution in [2.45, 2.75) is 36.8 Å². The van der Waals surface area contributed by atoms with Crippen molar-refractivity contribution in [1.29, 1.82) is 0 Å². The summed E-state index contributed by atoms with van der Waals surface area (Å²) in [4.78, 5) is 31.6. The molecule has 1 saturated heterocycles. The number of aryl methyl sites for hydroxylation is 1. The maximum absolute atomic E-state index is 12.7. The van der Waals surface area contributed by atoms with E-state index in [1.54, 1.807) is 0 Å². The number of carbonyl (C=O) groups is 2. The molecular formula is C18H21N5O2S. The Kier molecular flexibility index (Phi) is 4.44. The summed E-state index contributed by atoms with van der Waals surface area (Å²) >= 11 is 1.33. The van der Waals surface area contributed by atoms with Crippen molar-refractivity contribution in [2.24, 2.45) is 0 Å². The third kappa shape index (κ3) is 2.88. The molecule has 1 aromatic heterocycles. The molecule has 4 rings (SSSR count). The number of carbonyl (C=O) groups excluding carboxylic acids is 2. The average Bonchev–Trinajstić information content (AvgIpc) is 3.23. The van der Waals surface area contributed by atoms with Gasteiger partial charge in [0.05, 0.1) is 11.2 Å². The lowest BCUT2D eigenvalue weighted by Crippen LogP contribution is -2.52. The Morgan fingerprint density at radius 2 is 2.23 bits per heavy atom. The molecule has 3 heterocycles. The van der Waals surface area contributed by atoms with Gasteiger partial charge in [0, 0.05) is 25.2 Å². The zero-order chi connectivity index (χ0) is 18.1. The van der Waals surface area contributed by atoms with Gasteiger partial charge in [-0.2, -0.15) is 0 Å². The molecule has 2 amide bonds. The predicted molar refractivity (Wildman–Crippen MR) is 99.0 cm³/mol. The molecule has 2 N–H and O–H groups in total. The van der Waals surface area contributed by atoms with Gasteiger partial charge in [0.15, 0.2) is 0 Å². The summed E-state index contributed by atoms with van der Waals surface area (Å²) in [6.07, 6.45) is 2.37. The molecule has 0 saturated carbocycles. The third-order valence-electron chi connectivity index (χ3n) is 5.14. The number of para-hydroxylation sites is 1. The molecule has 8 heteroatoms. The van der Waals surface area contributed by atoms with Crippen molar-refractivity contribution in [3.8, 4) is 0 Å². The fourth-order valence-corrected chi connectivity index (χ4v) is 4.49. The van der Waals surface area contributed by atoms with Gasteiger partial charge in [0.2, 0.25) is 17.0 Å². The fourth-order valence-electron chi connectivity index (χ4n) is 3.77. The molecule has 1 unspecified atom stereocenters. The van der Waals surface area contributed by atoms with Crippen molar-refractivity contribution in [1.82, 2.24) is 20.1 Å². The molecule has 1 aromatic carbocycles. The maximum Gasteiger partial charge on any atom is 0.236 e. The molecule has 7 nitrogen and oxygen atoms in total. The van der Waals surface area contributed by atoms with E-state index in [4.69, 9.17) is 0 Å². The van der Waals surface area contributed by atoms with Crippen LogP contribution in [0.1, 0.15) is 31.2 Å². The molecule has 1 spiro atoms. The first-order valence-corrected chi connectivity index (χ1v) is 9.84. The van der Waals surface area contributed by atoms with E-state index in [2.05, 4.69) is 20.5 Å². The minimum absolute atomic E-state index is 0.00501. The number of nitrogens with zero attached hydrogens (tertiary/aromatic N) is 3. The van der Waals surface area contributed by atoms with Crippen LogP contribution in [-0.2, 0) is 21.4 Å². The number of H-pyrrole nitrogens is 1. The monoisotopic (exact) mass is 371 g/mol. The second-order valence-corrected chi connectivity index (χ2v) is 7.65. The van der Waals surface area contributed by atoms with E-state index < -0.39 is 5.41 Å². The zero-order valence-electron chi connectivity index (χ0n) is 14.6. The minimum Gasteiger partial charge on any atom is -0.341 e. The number of thioether (sulfide) groups is 1. The summed E-state index contributed by atoms with van der Waals surface area (Å²) in [6, 6.07) is 7.79. The van der Waals surface area contributed by atoms with Crippen LogP contribution in [0.4, 0.5) is 5.69 Å². The number of nitrogens with one attached hydrogen (secondary N) is 2. The standard InChI is InChI=1S/C18H21N5O2S/c1-2-14-20-17(22-21-14)26-10-15(24)23-9-5-8-18(11-23)12-6-3-4-7-13(12)19-16(18)25/h3-4,6-7H,2,5,8-11H2,1H3,(H,19,25)(H,20,21,22). The molecule has 1 fully saturated rings. The number of piperidine rings is 1. The quantitative estimate of drug-likeness (QED) is 0.802. The molecule has 0 aliphatic carbocycles. The van der Waals surface area contributed by atoms with E-state index in [0.29, 0.717) is 18.2 Å². The first kappa shape index (κ1) is 17.1. The van der Waals surface area contributed by atoms with E-state index in [-0.39, 0.29) is 17.6 Å². The molecular weight excluding hydrogens is 350 g/mol. The number of hydrogen-bond acceptors (Lipinski definition) is 5. The summed E-state index contributed by atoms with van der Waals surface area (Å²) in [6.45, 7) is 3.12. The predicted octanol–water partition coefficient (Wildman–Crippen LogP) is 1.97. The minimum atomic E-state index is -0.616. The second kappa shape index (κ2) is 6.75. The number of amides is 2. The van der Waals surface area contributed by atoms with Gasteiger partial charge in [-0.25, -0.2) is 4.98 Å². The number of hydrogen-bond donors (Lipinski definition) is 2. The number of benzene rings is 1. The highest BCUT2D eigenvalue weighted by Crippen LogP contribution is 2.43. The Balaban J connectivity index is 1.47. The first-order valence-electron chi connectivity index (χ1n) is 8.85. The van der Waals surface area contributed by atoms with Crippen LogP contribution in [-0.4, -0.2) is 50.7 Å². The summed E-state index contributed by atoms with van der Waals surface area (Å²) in [7, 11) is 0. The summed E-state index contributed by atoms with van der Waals surface area (Å²) in [5.41, 5.74) is 1.26. The third-order valence-corrected chi connectivity index (χ3v) is 5.97.